The highest BCUT2D eigenvalue weighted by molar-refractivity contribution is 5.87. The second-order valence-corrected chi connectivity index (χ2v) is 4.37. The van der Waals surface area contributed by atoms with Crippen molar-refractivity contribution in [1.82, 2.24) is 9.88 Å². The summed E-state index contributed by atoms with van der Waals surface area (Å²) < 4.78 is 0. The van der Waals surface area contributed by atoms with Gasteiger partial charge in [0.05, 0.1) is 17.8 Å². The number of amides is 1. The van der Waals surface area contributed by atoms with Crippen molar-refractivity contribution in [1.29, 1.82) is 0 Å². The van der Waals surface area contributed by atoms with Gasteiger partial charge in [-0.3, -0.25) is 14.7 Å². The number of aromatic nitrogens is 1. The Morgan fingerprint density at radius 3 is 2.63 bits per heavy atom. The van der Waals surface area contributed by atoms with Crippen molar-refractivity contribution in [3.8, 4) is 0 Å². The summed E-state index contributed by atoms with van der Waals surface area (Å²) in [6.07, 6.45) is 3.32. The van der Waals surface area contributed by atoms with Gasteiger partial charge in [-0.1, -0.05) is 13.3 Å². The van der Waals surface area contributed by atoms with E-state index in [1.54, 1.807) is 6.07 Å². The molecule has 0 unspecified atom stereocenters. The molecule has 0 saturated carbocycles. The van der Waals surface area contributed by atoms with E-state index in [0.29, 0.717) is 6.54 Å². The van der Waals surface area contributed by atoms with Gasteiger partial charge >= 0.3 is 5.97 Å². The number of pyridine rings is 1. The fourth-order valence-corrected chi connectivity index (χ4v) is 1.69. The van der Waals surface area contributed by atoms with Gasteiger partial charge < -0.3 is 10.8 Å². The minimum atomic E-state index is -1.00. The number of hydrogen-bond acceptors (Lipinski definition) is 4. The topological polar surface area (TPSA) is 96.5 Å². The van der Waals surface area contributed by atoms with Crippen LogP contribution >= 0.6 is 0 Å². The molecule has 6 nitrogen and oxygen atoms in total. The molecule has 19 heavy (non-hydrogen) atoms. The van der Waals surface area contributed by atoms with Crippen LogP contribution in [0.1, 0.15) is 35.8 Å². The van der Waals surface area contributed by atoms with E-state index < -0.39 is 5.97 Å². The molecule has 104 valence electrons. The molecule has 3 N–H and O–H groups in total. The maximum Gasteiger partial charge on any atom is 0.337 e. The number of aromatic carboxylic acids is 1. The first-order chi connectivity index (χ1) is 9.02. The maximum absolute atomic E-state index is 11.0. The fraction of sp³-hybridized carbons (Fsp3) is 0.462. The Bertz CT molecular complexity index is 431. The second kappa shape index (κ2) is 7.48. The quantitative estimate of drug-likeness (QED) is 0.727. The van der Waals surface area contributed by atoms with Crippen LogP contribution in [0, 0.1) is 0 Å². The van der Waals surface area contributed by atoms with E-state index in [1.165, 1.54) is 12.3 Å². The van der Waals surface area contributed by atoms with Crippen molar-refractivity contribution in [2.24, 2.45) is 5.73 Å². The average molecular weight is 265 g/mol. The van der Waals surface area contributed by atoms with E-state index in [9.17, 15) is 9.59 Å². The van der Waals surface area contributed by atoms with Crippen molar-refractivity contribution in [3.63, 3.8) is 0 Å². The van der Waals surface area contributed by atoms with Crippen LogP contribution in [0.25, 0.3) is 0 Å². The van der Waals surface area contributed by atoms with Crippen LogP contribution in [0.2, 0.25) is 0 Å². The van der Waals surface area contributed by atoms with Crippen LogP contribution in [0.5, 0.6) is 0 Å². The lowest BCUT2D eigenvalue weighted by molar-refractivity contribution is -0.119. The Morgan fingerprint density at radius 2 is 2.16 bits per heavy atom. The minimum Gasteiger partial charge on any atom is -0.478 e. The zero-order chi connectivity index (χ0) is 14.3. The summed E-state index contributed by atoms with van der Waals surface area (Å²) in [5, 5.41) is 8.78. The Kier molecular flexibility index (Phi) is 5.95. The van der Waals surface area contributed by atoms with Gasteiger partial charge in [0.2, 0.25) is 5.91 Å². The van der Waals surface area contributed by atoms with Crippen molar-refractivity contribution in [3.05, 3.63) is 29.6 Å². The van der Waals surface area contributed by atoms with E-state index in [0.717, 1.165) is 25.1 Å². The van der Waals surface area contributed by atoms with Crippen molar-refractivity contribution in [2.75, 3.05) is 13.1 Å². The highest BCUT2D eigenvalue weighted by Crippen LogP contribution is 2.05. The SMILES string of the molecule is CCCCN(CC(N)=O)Cc1ccc(C(=O)O)cn1. The lowest BCUT2D eigenvalue weighted by atomic mass is 10.2. The smallest absolute Gasteiger partial charge is 0.337 e. The van der Waals surface area contributed by atoms with Crippen LogP contribution in [-0.2, 0) is 11.3 Å². The third kappa shape index (κ3) is 5.48. The van der Waals surface area contributed by atoms with Gasteiger partial charge in [0.25, 0.3) is 0 Å². The molecule has 0 spiro atoms. The van der Waals surface area contributed by atoms with Crippen LogP contribution < -0.4 is 5.73 Å². The molecule has 0 aliphatic heterocycles. The standard InChI is InChI=1S/C13H19N3O3/c1-2-3-6-16(9-12(14)17)8-11-5-4-10(7-15-11)13(18)19/h4-5,7H,2-3,6,8-9H2,1H3,(H2,14,17)(H,18,19). The first-order valence-electron chi connectivity index (χ1n) is 6.21. The van der Waals surface area contributed by atoms with Gasteiger partial charge in [-0.2, -0.15) is 0 Å². The van der Waals surface area contributed by atoms with Gasteiger partial charge in [-0.25, -0.2) is 4.79 Å². The normalized spacial score (nSPS) is 10.6. The lowest BCUT2D eigenvalue weighted by Gasteiger charge is -2.19. The second-order valence-electron chi connectivity index (χ2n) is 4.37. The largest absolute Gasteiger partial charge is 0.478 e. The van der Waals surface area contributed by atoms with Crippen molar-refractivity contribution in [2.45, 2.75) is 26.3 Å². The number of carboxylic acid groups (broad SMARTS) is 1. The van der Waals surface area contributed by atoms with Gasteiger partial charge in [-0.15, -0.1) is 0 Å². The lowest BCUT2D eigenvalue weighted by Crippen LogP contribution is -2.34. The predicted octanol–water partition coefficient (Wildman–Crippen LogP) is 0.867. The average Bonchev–Trinajstić information content (AvgIpc) is 2.36. The van der Waals surface area contributed by atoms with Crippen molar-refractivity contribution >= 4 is 11.9 Å². The van der Waals surface area contributed by atoms with E-state index in [1.807, 2.05) is 4.90 Å². The zero-order valence-corrected chi connectivity index (χ0v) is 11.0. The molecule has 0 atom stereocenters. The highest BCUT2D eigenvalue weighted by atomic mass is 16.4. The summed E-state index contributed by atoms with van der Waals surface area (Å²) in [6, 6.07) is 3.16. The van der Waals surface area contributed by atoms with Crippen LogP contribution in [0.3, 0.4) is 0 Å². The van der Waals surface area contributed by atoms with Crippen LogP contribution in [0.4, 0.5) is 0 Å². The molecule has 1 aromatic heterocycles. The zero-order valence-electron chi connectivity index (χ0n) is 11.0. The Balaban J connectivity index is 2.66. The number of unbranched alkanes of at least 4 members (excludes halogenated alkanes) is 1. The first-order valence-corrected chi connectivity index (χ1v) is 6.21. The summed E-state index contributed by atoms with van der Waals surface area (Å²) in [4.78, 5) is 27.7. The monoisotopic (exact) mass is 265 g/mol. The summed E-state index contributed by atoms with van der Waals surface area (Å²) in [5.74, 6) is -1.38. The molecule has 0 aliphatic carbocycles. The molecule has 0 aliphatic rings. The van der Waals surface area contributed by atoms with Gasteiger partial charge in [0.15, 0.2) is 0 Å². The van der Waals surface area contributed by atoms with Crippen molar-refractivity contribution < 1.29 is 14.7 Å². The first kappa shape index (κ1) is 15.1. The molecular formula is C13H19N3O3. The fourth-order valence-electron chi connectivity index (χ4n) is 1.69. The van der Waals surface area contributed by atoms with E-state index in [4.69, 9.17) is 10.8 Å². The molecule has 0 saturated heterocycles. The summed E-state index contributed by atoms with van der Waals surface area (Å²) in [5.41, 5.74) is 6.08. The Hall–Kier alpha value is -1.95. The predicted molar refractivity (Wildman–Crippen MR) is 70.6 cm³/mol. The third-order valence-corrected chi connectivity index (χ3v) is 2.66. The van der Waals surface area contributed by atoms with E-state index in [-0.39, 0.29) is 18.0 Å². The molecule has 1 heterocycles. The molecule has 6 heteroatoms. The number of carbonyl (C=O) groups is 2. The third-order valence-electron chi connectivity index (χ3n) is 2.66. The van der Waals surface area contributed by atoms with Gasteiger partial charge in [0.1, 0.15) is 0 Å². The molecule has 0 fully saturated rings. The molecule has 1 amide bonds. The Morgan fingerprint density at radius 1 is 1.42 bits per heavy atom. The minimum absolute atomic E-state index is 0.152. The molecule has 1 rings (SSSR count). The van der Waals surface area contributed by atoms with E-state index in [2.05, 4.69) is 11.9 Å². The molecule has 0 bridgehead atoms. The Labute approximate surface area is 112 Å². The van der Waals surface area contributed by atoms with Gasteiger partial charge in [-0.05, 0) is 25.1 Å². The van der Waals surface area contributed by atoms with Gasteiger partial charge in [0, 0.05) is 12.7 Å². The summed E-state index contributed by atoms with van der Waals surface area (Å²) >= 11 is 0. The number of carboxylic acids is 1. The summed E-state index contributed by atoms with van der Waals surface area (Å²) in [7, 11) is 0. The number of primary amides is 1. The van der Waals surface area contributed by atoms with Crippen LogP contribution in [0.15, 0.2) is 18.3 Å². The van der Waals surface area contributed by atoms with E-state index >= 15 is 0 Å². The molecule has 0 aromatic carbocycles. The van der Waals surface area contributed by atoms with Crippen LogP contribution in [-0.4, -0.2) is 40.0 Å². The highest BCUT2D eigenvalue weighted by Gasteiger charge is 2.10. The summed E-state index contributed by atoms with van der Waals surface area (Å²) in [6.45, 7) is 3.51. The number of hydrogen-bond donors (Lipinski definition) is 2. The number of rotatable bonds is 8. The molecule has 1 aromatic rings. The number of nitrogens with zero attached hydrogens (tertiary/aromatic N) is 2. The molecular weight excluding hydrogens is 246 g/mol. The molecule has 0 radical (unpaired) electrons. The number of carbonyl (C=O) groups excluding carboxylic acids is 1. The number of nitrogens with two attached hydrogens (primary N) is 1. The maximum atomic E-state index is 11.0.